The Balaban J connectivity index is 2.09. The number of benzene rings is 1. The molecule has 0 spiro atoms. The van der Waals surface area contributed by atoms with Crippen LogP contribution in [0.3, 0.4) is 0 Å². The molecule has 0 saturated heterocycles. The van der Waals surface area contributed by atoms with Gasteiger partial charge in [0, 0.05) is 0 Å². The van der Waals surface area contributed by atoms with E-state index in [0.717, 1.165) is 0 Å². The van der Waals surface area contributed by atoms with Gasteiger partial charge < -0.3 is 4.90 Å². The minimum atomic E-state index is 1.25. The summed E-state index contributed by atoms with van der Waals surface area (Å²) in [4.78, 5) is 1.57. The molecular formula is C24H44N+. The van der Waals surface area contributed by atoms with Crippen LogP contribution in [0.4, 0.5) is 5.69 Å². The first-order valence-corrected chi connectivity index (χ1v) is 11.2. The summed E-state index contributed by atoms with van der Waals surface area (Å²) in [6.45, 7) is 5.84. The molecule has 1 rings (SSSR count). The Morgan fingerprint density at radius 1 is 0.600 bits per heavy atom. The third kappa shape index (κ3) is 11.4. The van der Waals surface area contributed by atoms with Gasteiger partial charge in [-0.15, -0.1) is 0 Å². The highest BCUT2D eigenvalue weighted by Gasteiger charge is 2.06. The maximum atomic E-state index is 2.35. The van der Waals surface area contributed by atoms with Crippen molar-refractivity contribution < 1.29 is 4.90 Å². The van der Waals surface area contributed by atoms with Gasteiger partial charge in [-0.2, -0.15) is 0 Å². The van der Waals surface area contributed by atoms with Crippen molar-refractivity contribution in [2.75, 3.05) is 13.6 Å². The van der Waals surface area contributed by atoms with Crippen LogP contribution in [-0.2, 0) is 6.42 Å². The molecule has 1 nitrogen and oxygen atoms in total. The normalized spacial score (nSPS) is 12.4. The second-order valence-electron chi connectivity index (χ2n) is 7.87. The average Bonchev–Trinajstić information content (AvgIpc) is 2.64. The lowest BCUT2D eigenvalue weighted by Crippen LogP contribution is -3.03. The summed E-state index contributed by atoms with van der Waals surface area (Å²) in [6.07, 6.45) is 19.4. The van der Waals surface area contributed by atoms with Gasteiger partial charge in [0.05, 0.1) is 13.6 Å². The zero-order valence-corrected chi connectivity index (χ0v) is 17.4. The largest absolute Gasteiger partial charge is 0.305 e. The number of quaternary nitrogens is 1. The second kappa shape index (κ2) is 15.4. The molecule has 0 aliphatic rings. The fourth-order valence-corrected chi connectivity index (χ4v) is 3.56. The van der Waals surface area contributed by atoms with Crippen LogP contribution in [0, 0.1) is 0 Å². The van der Waals surface area contributed by atoms with E-state index in [1.165, 1.54) is 108 Å². The van der Waals surface area contributed by atoms with Crippen molar-refractivity contribution in [2.24, 2.45) is 0 Å². The smallest absolute Gasteiger partial charge is 0.130 e. The third-order valence-electron chi connectivity index (χ3n) is 5.42. The van der Waals surface area contributed by atoms with Gasteiger partial charge in [0.2, 0.25) is 0 Å². The van der Waals surface area contributed by atoms with E-state index >= 15 is 0 Å². The van der Waals surface area contributed by atoms with Crippen molar-refractivity contribution in [1.82, 2.24) is 0 Å². The first-order valence-electron chi connectivity index (χ1n) is 11.2. The Labute approximate surface area is 158 Å². The van der Waals surface area contributed by atoms with Gasteiger partial charge in [0.1, 0.15) is 5.69 Å². The summed E-state index contributed by atoms with van der Waals surface area (Å²) in [5.74, 6) is 0. The summed E-state index contributed by atoms with van der Waals surface area (Å²) in [5, 5.41) is 0. The predicted octanol–water partition coefficient (Wildman–Crippen LogP) is 6.49. The van der Waals surface area contributed by atoms with Crippen molar-refractivity contribution in [3.8, 4) is 0 Å². The fourth-order valence-electron chi connectivity index (χ4n) is 3.56. The Hall–Kier alpha value is -0.820. The summed E-state index contributed by atoms with van der Waals surface area (Å²) in [6, 6.07) is 9.39. The highest BCUT2D eigenvalue weighted by atomic mass is 15.1. The lowest BCUT2D eigenvalue weighted by Gasteiger charge is -2.14. The van der Waals surface area contributed by atoms with E-state index in [4.69, 9.17) is 0 Å². The van der Waals surface area contributed by atoms with E-state index in [2.05, 4.69) is 45.2 Å². The first-order chi connectivity index (χ1) is 12.3. The van der Waals surface area contributed by atoms with Gasteiger partial charge >= 0.3 is 0 Å². The molecule has 0 aliphatic carbocycles. The predicted molar refractivity (Wildman–Crippen MR) is 113 cm³/mol. The summed E-state index contributed by atoms with van der Waals surface area (Å²) in [5.41, 5.74) is 2.97. The summed E-state index contributed by atoms with van der Waals surface area (Å²) in [7, 11) is 2.32. The van der Waals surface area contributed by atoms with Crippen molar-refractivity contribution in [1.29, 1.82) is 0 Å². The number of hydrogen-bond donors (Lipinski definition) is 1. The zero-order valence-electron chi connectivity index (χ0n) is 17.4. The highest BCUT2D eigenvalue weighted by molar-refractivity contribution is 5.32. The van der Waals surface area contributed by atoms with Gasteiger partial charge in [0.25, 0.3) is 0 Å². The molecule has 1 heteroatoms. The van der Waals surface area contributed by atoms with Crippen LogP contribution in [0.5, 0.6) is 0 Å². The molecule has 0 aromatic heterocycles. The molecule has 1 unspecified atom stereocenters. The van der Waals surface area contributed by atoms with Gasteiger partial charge in [0.15, 0.2) is 0 Å². The lowest BCUT2D eigenvalue weighted by atomic mass is 10.1. The SMILES string of the molecule is CCCCCCCCCCC[NH+](C)c1ccc(CCCCCC)cc1. The zero-order chi connectivity index (χ0) is 18.2. The molecule has 1 atom stereocenters. The third-order valence-corrected chi connectivity index (χ3v) is 5.42. The maximum absolute atomic E-state index is 2.35. The molecule has 0 fully saturated rings. The Bertz CT molecular complexity index is 395. The molecule has 1 aromatic carbocycles. The van der Waals surface area contributed by atoms with E-state index in [1.54, 1.807) is 4.90 Å². The topological polar surface area (TPSA) is 4.44 Å². The molecule has 1 N–H and O–H groups in total. The number of aryl methyl sites for hydroxylation is 1. The standard InChI is InChI=1S/C24H43N/c1-4-6-8-10-11-12-13-14-16-22-25(3)24-20-18-23(19-21-24)17-15-9-7-5-2/h18-21H,4-17,22H2,1-3H3/p+1. The number of hydrogen-bond acceptors (Lipinski definition) is 0. The molecule has 0 bridgehead atoms. The highest BCUT2D eigenvalue weighted by Crippen LogP contribution is 2.11. The van der Waals surface area contributed by atoms with E-state index in [-0.39, 0.29) is 0 Å². The van der Waals surface area contributed by atoms with Gasteiger partial charge in [-0.05, 0) is 43.4 Å². The molecule has 0 saturated carbocycles. The first kappa shape index (κ1) is 22.2. The van der Waals surface area contributed by atoms with Gasteiger partial charge in [-0.3, -0.25) is 0 Å². The molecular weight excluding hydrogens is 302 g/mol. The van der Waals surface area contributed by atoms with E-state index in [9.17, 15) is 0 Å². The molecule has 144 valence electrons. The lowest BCUT2D eigenvalue weighted by molar-refractivity contribution is -0.810. The van der Waals surface area contributed by atoms with Crippen LogP contribution in [-0.4, -0.2) is 13.6 Å². The van der Waals surface area contributed by atoms with Crippen molar-refractivity contribution in [3.05, 3.63) is 29.8 Å². The van der Waals surface area contributed by atoms with Crippen molar-refractivity contribution >= 4 is 5.69 Å². The minimum absolute atomic E-state index is 1.25. The molecule has 1 aromatic rings. The molecule has 0 amide bonds. The fraction of sp³-hybridized carbons (Fsp3) is 0.750. The second-order valence-corrected chi connectivity index (χ2v) is 7.87. The minimum Gasteiger partial charge on any atom is -0.305 e. The Morgan fingerprint density at radius 2 is 1.08 bits per heavy atom. The number of rotatable bonds is 16. The quantitative estimate of drug-likeness (QED) is 0.326. The Kier molecular flexibility index (Phi) is 13.7. The van der Waals surface area contributed by atoms with Crippen LogP contribution in [0.25, 0.3) is 0 Å². The van der Waals surface area contributed by atoms with Gasteiger partial charge in [-0.1, -0.05) is 90.2 Å². The Morgan fingerprint density at radius 3 is 1.64 bits per heavy atom. The van der Waals surface area contributed by atoms with E-state index in [1.807, 2.05) is 0 Å². The summed E-state index contributed by atoms with van der Waals surface area (Å²) >= 11 is 0. The van der Waals surface area contributed by atoms with Crippen LogP contribution in [0.2, 0.25) is 0 Å². The van der Waals surface area contributed by atoms with Gasteiger partial charge in [-0.25, -0.2) is 0 Å². The monoisotopic (exact) mass is 346 g/mol. The van der Waals surface area contributed by atoms with E-state index < -0.39 is 0 Å². The van der Waals surface area contributed by atoms with E-state index in [0.29, 0.717) is 0 Å². The van der Waals surface area contributed by atoms with Crippen LogP contribution < -0.4 is 4.90 Å². The maximum Gasteiger partial charge on any atom is 0.130 e. The number of unbranched alkanes of at least 4 members (excludes halogenated alkanes) is 11. The molecule has 0 radical (unpaired) electrons. The number of nitrogens with one attached hydrogen (secondary N) is 1. The molecule has 25 heavy (non-hydrogen) atoms. The molecule has 0 aliphatic heterocycles. The van der Waals surface area contributed by atoms with Crippen LogP contribution in [0.1, 0.15) is 103 Å². The summed E-state index contributed by atoms with van der Waals surface area (Å²) < 4.78 is 0. The van der Waals surface area contributed by atoms with Crippen molar-refractivity contribution in [3.63, 3.8) is 0 Å². The van der Waals surface area contributed by atoms with Crippen LogP contribution >= 0.6 is 0 Å². The molecule has 0 heterocycles. The van der Waals surface area contributed by atoms with Crippen LogP contribution in [0.15, 0.2) is 24.3 Å². The van der Waals surface area contributed by atoms with Crippen molar-refractivity contribution in [2.45, 2.75) is 104 Å². The average molecular weight is 347 g/mol.